The molecule has 0 aromatic heterocycles. The Kier molecular flexibility index (Phi) is 20.3. The molecule has 14 heteroatoms. The van der Waals surface area contributed by atoms with Gasteiger partial charge in [0, 0.05) is 51.4 Å². The molecule has 2 bridgehead atoms. The molecule has 1 unspecified atom stereocenters. The number of esters is 1. The van der Waals surface area contributed by atoms with Crippen molar-refractivity contribution in [1.82, 2.24) is 4.90 Å². The number of aliphatic hydroxyl groups is 4. The molecule has 3 heterocycles. The van der Waals surface area contributed by atoms with Crippen LogP contribution in [0, 0.1) is 35.5 Å². The van der Waals surface area contributed by atoms with Crippen LogP contribution in [0.3, 0.4) is 0 Å². The third-order valence-electron chi connectivity index (χ3n) is 14.2. The van der Waals surface area contributed by atoms with E-state index >= 15 is 0 Å². The van der Waals surface area contributed by atoms with Crippen molar-refractivity contribution in [3.05, 3.63) is 47.6 Å². The lowest BCUT2D eigenvalue weighted by Gasteiger charge is -2.42. The van der Waals surface area contributed by atoms with Crippen LogP contribution in [0.25, 0.3) is 0 Å². The van der Waals surface area contributed by atoms with Gasteiger partial charge in [0.2, 0.25) is 5.79 Å². The molecular weight excluding hydrogens is 823 g/mol. The van der Waals surface area contributed by atoms with Crippen molar-refractivity contribution in [2.45, 2.75) is 180 Å². The molecule has 0 spiro atoms. The monoisotopic (exact) mass is 900 g/mol. The number of hydrogen-bond donors (Lipinski definition) is 4. The average Bonchev–Trinajstić information content (AvgIpc) is 3.26. The third kappa shape index (κ3) is 13.8. The summed E-state index contributed by atoms with van der Waals surface area (Å²) in [5.74, 6) is -8.29. The van der Waals surface area contributed by atoms with Crippen molar-refractivity contribution < 1.29 is 63.3 Å². The Labute approximate surface area is 380 Å². The number of nitrogens with zero attached hydrogens (tertiary/aromatic N) is 1. The standard InChI is InChI=1S/C50H77NO13/c1-29-15-11-10-12-16-30(2)42(61-8)27-37-20-18-35(7)50(60,64-37)47(57)48(58)51-22-14-13-17-38(51)49(59)63-43(32(4)25-36-19-21-39(52)41(54)26-36)28-40(53)31(3)24-34(6)45(56)46(62-9)44(55)33(5)23-29/h10-12,15-16,24,29,31-33,35-39,41-43,45-46,52,54,56,60H,13-14,17-23,25-28H2,1-9H3/b12-10-,15-11-,30-16-,34-24+/t29-,31+,32-,33-,35-,36-,37+,38+,39+,41+,42+,43+,45-,46-,50?/m1/s1. The fourth-order valence-corrected chi connectivity index (χ4v) is 9.88. The molecule has 2 saturated heterocycles. The van der Waals surface area contributed by atoms with Gasteiger partial charge >= 0.3 is 5.97 Å². The van der Waals surface area contributed by atoms with Crippen LogP contribution in [0.5, 0.6) is 0 Å². The maximum absolute atomic E-state index is 14.3. The topological polar surface area (TPSA) is 206 Å². The number of fused-ring (bicyclic) bond motifs is 3. The number of aliphatic hydroxyl groups excluding tert-OH is 3. The first-order chi connectivity index (χ1) is 30.2. The Morgan fingerprint density at radius 2 is 1.56 bits per heavy atom. The van der Waals surface area contributed by atoms with Gasteiger partial charge in [-0.15, -0.1) is 0 Å². The second-order valence-electron chi connectivity index (χ2n) is 19.4. The van der Waals surface area contributed by atoms with Gasteiger partial charge in [-0.2, -0.15) is 0 Å². The maximum atomic E-state index is 14.3. The summed E-state index contributed by atoms with van der Waals surface area (Å²) in [7, 11) is 2.94. The van der Waals surface area contributed by atoms with Gasteiger partial charge < -0.3 is 44.3 Å². The summed E-state index contributed by atoms with van der Waals surface area (Å²) in [6.45, 7) is 12.6. The predicted octanol–water partition coefficient (Wildman–Crippen LogP) is 5.53. The third-order valence-corrected chi connectivity index (χ3v) is 14.2. The first-order valence-electron chi connectivity index (χ1n) is 23.5. The fourth-order valence-electron chi connectivity index (χ4n) is 9.88. The zero-order valence-electron chi connectivity index (χ0n) is 39.6. The highest BCUT2D eigenvalue weighted by Gasteiger charge is 2.53. The summed E-state index contributed by atoms with van der Waals surface area (Å²) in [6, 6.07) is -1.16. The van der Waals surface area contributed by atoms with Crippen LogP contribution in [-0.2, 0) is 42.9 Å². The first kappa shape index (κ1) is 53.2. The normalized spacial score (nSPS) is 40.9. The summed E-state index contributed by atoms with van der Waals surface area (Å²) < 4.78 is 23.7. The second-order valence-corrected chi connectivity index (χ2v) is 19.4. The number of ketones is 3. The molecule has 3 fully saturated rings. The van der Waals surface area contributed by atoms with E-state index in [4.69, 9.17) is 18.9 Å². The Bertz CT molecular complexity index is 1740. The molecule has 15 atom stereocenters. The van der Waals surface area contributed by atoms with Crippen molar-refractivity contribution in [1.29, 1.82) is 0 Å². The molecule has 0 aromatic carbocycles. The first-order valence-corrected chi connectivity index (χ1v) is 23.5. The molecule has 1 saturated carbocycles. The van der Waals surface area contributed by atoms with Gasteiger partial charge in [0.05, 0.1) is 24.4 Å². The Morgan fingerprint density at radius 3 is 2.23 bits per heavy atom. The molecule has 0 aromatic rings. The summed E-state index contributed by atoms with van der Waals surface area (Å²) in [5.41, 5.74) is 1.24. The SMILES string of the molecule is CO[C@H]1C[C@@H]2CC[C@@H](C)C(O)(O2)C(=O)C(=O)N2CCCC[C@H]2C(=O)O[C@H]([C@H](C)C[C@H]2CC[C@H](O)[C@@H](O)C2)CC(=O)[C@@H](C)/C=C(\C)[C@@H](O)[C@H](OC)C(=O)[C@H](C)C[C@H](C)\C=C/C=C\C=C/1C. The van der Waals surface area contributed by atoms with Gasteiger partial charge in [-0.25, -0.2) is 4.79 Å². The quantitative estimate of drug-likeness (QED) is 0.153. The molecule has 4 rings (SSSR count). The highest BCUT2D eigenvalue weighted by Crippen LogP contribution is 2.37. The minimum absolute atomic E-state index is 0.0134. The van der Waals surface area contributed by atoms with E-state index in [9.17, 15) is 44.4 Å². The van der Waals surface area contributed by atoms with Gasteiger partial charge in [-0.3, -0.25) is 19.2 Å². The molecule has 4 aliphatic rings. The molecule has 4 N–H and O–H groups in total. The van der Waals surface area contributed by atoms with E-state index in [-0.39, 0.29) is 42.8 Å². The number of cyclic esters (lactones) is 1. The Morgan fingerprint density at radius 1 is 0.844 bits per heavy atom. The smallest absolute Gasteiger partial charge is 0.329 e. The summed E-state index contributed by atoms with van der Waals surface area (Å²) in [5, 5.41) is 43.9. The van der Waals surface area contributed by atoms with Crippen LogP contribution in [0.2, 0.25) is 0 Å². The summed E-state index contributed by atoms with van der Waals surface area (Å²) >= 11 is 0. The maximum Gasteiger partial charge on any atom is 0.329 e. The molecule has 3 aliphatic heterocycles. The highest BCUT2D eigenvalue weighted by molar-refractivity contribution is 6.39. The number of piperidine rings is 1. The highest BCUT2D eigenvalue weighted by atomic mass is 16.6. The number of carbonyl (C=O) groups excluding carboxylic acids is 5. The van der Waals surface area contributed by atoms with E-state index in [2.05, 4.69) is 0 Å². The van der Waals surface area contributed by atoms with Crippen molar-refractivity contribution >= 4 is 29.2 Å². The molecule has 1 amide bonds. The Balaban J connectivity index is 1.70. The number of hydrogen-bond acceptors (Lipinski definition) is 13. The lowest BCUT2D eigenvalue weighted by molar-refractivity contribution is -0.265. The summed E-state index contributed by atoms with van der Waals surface area (Å²) in [4.78, 5) is 71.5. The minimum atomic E-state index is -2.44. The van der Waals surface area contributed by atoms with Gasteiger partial charge in [0.1, 0.15) is 30.1 Å². The van der Waals surface area contributed by atoms with Gasteiger partial charge in [-0.05, 0) is 107 Å². The molecule has 0 radical (unpaired) electrons. The van der Waals surface area contributed by atoms with Crippen LogP contribution in [-0.4, -0.2) is 130 Å². The van der Waals surface area contributed by atoms with Crippen LogP contribution < -0.4 is 0 Å². The van der Waals surface area contributed by atoms with E-state index in [1.165, 1.54) is 12.0 Å². The largest absolute Gasteiger partial charge is 0.460 e. The van der Waals surface area contributed by atoms with E-state index in [1.807, 2.05) is 51.2 Å². The molecule has 14 nitrogen and oxygen atoms in total. The van der Waals surface area contributed by atoms with Gasteiger partial charge in [-0.1, -0.05) is 71.1 Å². The zero-order valence-corrected chi connectivity index (χ0v) is 39.6. The molecule has 64 heavy (non-hydrogen) atoms. The van der Waals surface area contributed by atoms with Gasteiger partial charge in [0.25, 0.3) is 11.7 Å². The number of methoxy groups -OCH3 is 2. The van der Waals surface area contributed by atoms with Crippen molar-refractivity contribution in [2.24, 2.45) is 35.5 Å². The van der Waals surface area contributed by atoms with E-state index in [0.717, 1.165) is 5.57 Å². The number of allylic oxidation sites excluding steroid dienone is 6. The molecule has 1 aliphatic carbocycles. The Hall–Kier alpha value is -3.37. The lowest BCUT2D eigenvalue weighted by Crippen LogP contribution is -2.61. The van der Waals surface area contributed by atoms with Crippen LogP contribution >= 0.6 is 0 Å². The number of ether oxygens (including phenoxy) is 4. The number of Topliss-reactive ketones (excluding diaryl/α,β-unsaturated/α-hetero) is 3. The minimum Gasteiger partial charge on any atom is -0.460 e. The number of amides is 1. The van der Waals surface area contributed by atoms with E-state index in [1.54, 1.807) is 40.9 Å². The van der Waals surface area contributed by atoms with Crippen molar-refractivity contribution in [2.75, 3.05) is 20.8 Å². The van der Waals surface area contributed by atoms with Crippen LogP contribution in [0.1, 0.15) is 126 Å². The zero-order chi connectivity index (χ0) is 47.5. The van der Waals surface area contributed by atoms with E-state index in [0.29, 0.717) is 69.8 Å². The molecule has 360 valence electrons. The predicted molar refractivity (Wildman–Crippen MR) is 240 cm³/mol. The van der Waals surface area contributed by atoms with Crippen LogP contribution in [0.15, 0.2) is 47.6 Å². The number of rotatable bonds is 5. The summed E-state index contributed by atoms with van der Waals surface area (Å²) in [6.07, 6.45) is 9.61. The van der Waals surface area contributed by atoms with Gasteiger partial charge in [0.15, 0.2) is 5.78 Å². The van der Waals surface area contributed by atoms with Crippen molar-refractivity contribution in [3.8, 4) is 0 Å². The molecular formula is C50H77NO13. The lowest BCUT2D eigenvalue weighted by atomic mass is 9.78. The average molecular weight is 900 g/mol. The van der Waals surface area contributed by atoms with Crippen molar-refractivity contribution in [3.63, 3.8) is 0 Å². The van der Waals surface area contributed by atoms with Crippen LogP contribution in [0.4, 0.5) is 0 Å². The second kappa shape index (κ2) is 24.4. The fraction of sp³-hybridized carbons (Fsp3) is 0.740. The van der Waals surface area contributed by atoms with E-state index < -0.39 is 95.9 Å². The number of carbonyl (C=O) groups is 5.